The Morgan fingerprint density at radius 2 is 2.10 bits per heavy atom. The number of hydrogen-bond donors (Lipinski definition) is 2. The van der Waals surface area contributed by atoms with E-state index >= 15 is 0 Å². The zero-order valence-electron chi connectivity index (χ0n) is 12.3. The SMILES string of the molecule is CC(C)COc1nc(NCc2cccc(Br)c2)ccc1N. The van der Waals surface area contributed by atoms with Crippen molar-refractivity contribution in [2.24, 2.45) is 5.92 Å². The van der Waals surface area contributed by atoms with Crippen molar-refractivity contribution in [2.75, 3.05) is 17.7 Å². The molecule has 0 radical (unpaired) electrons. The lowest BCUT2D eigenvalue weighted by Gasteiger charge is -2.12. The van der Waals surface area contributed by atoms with Gasteiger partial charge in [0, 0.05) is 11.0 Å². The van der Waals surface area contributed by atoms with Gasteiger partial charge < -0.3 is 15.8 Å². The second kappa shape index (κ2) is 7.31. The standard InChI is InChI=1S/C16H20BrN3O/c1-11(2)10-21-16-14(18)6-7-15(20-16)19-9-12-4-3-5-13(17)8-12/h3-8,11H,9-10,18H2,1-2H3,(H,19,20). The number of aromatic nitrogens is 1. The van der Waals surface area contributed by atoms with E-state index in [1.807, 2.05) is 24.3 Å². The summed E-state index contributed by atoms with van der Waals surface area (Å²) in [6, 6.07) is 11.8. The minimum absolute atomic E-state index is 0.435. The van der Waals surface area contributed by atoms with Crippen molar-refractivity contribution in [3.8, 4) is 5.88 Å². The minimum Gasteiger partial charge on any atom is -0.476 e. The Hall–Kier alpha value is -1.75. The number of ether oxygens (including phenoxy) is 1. The van der Waals surface area contributed by atoms with E-state index in [1.165, 1.54) is 5.56 Å². The normalized spacial score (nSPS) is 10.7. The fourth-order valence-corrected chi connectivity index (χ4v) is 2.20. The van der Waals surface area contributed by atoms with Gasteiger partial charge in [0.2, 0.25) is 5.88 Å². The molecular formula is C16H20BrN3O. The van der Waals surface area contributed by atoms with Crippen molar-refractivity contribution < 1.29 is 4.74 Å². The molecule has 21 heavy (non-hydrogen) atoms. The van der Waals surface area contributed by atoms with Crippen LogP contribution in [0.4, 0.5) is 11.5 Å². The van der Waals surface area contributed by atoms with Crippen LogP contribution in [-0.4, -0.2) is 11.6 Å². The van der Waals surface area contributed by atoms with Crippen molar-refractivity contribution >= 4 is 27.4 Å². The molecule has 0 bridgehead atoms. The number of nitrogens with two attached hydrogens (primary N) is 1. The van der Waals surface area contributed by atoms with E-state index in [0.717, 1.165) is 10.3 Å². The van der Waals surface area contributed by atoms with Crippen LogP contribution in [0.2, 0.25) is 0 Å². The summed E-state index contributed by atoms with van der Waals surface area (Å²) >= 11 is 3.46. The number of nitrogen functional groups attached to an aromatic ring is 1. The molecule has 0 saturated carbocycles. The molecule has 0 fully saturated rings. The smallest absolute Gasteiger partial charge is 0.239 e. The zero-order chi connectivity index (χ0) is 15.2. The van der Waals surface area contributed by atoms with Crippen molar-refractivity contribution in [3.63, 3.8) is 0 Å². The Morgan fingerprint density at radius 3 is 2.81 bits per heavy atom. The summed E-state index contributed by atoms with van der Waals surface area (Å²) in [5.41, 5.74) is 7.61. The summed E-state index contributed by atoms with van der Waals surface area (Å²) in [5.74, 6) is 1.68. The number of nitrogens with zero attached hydrogens (tertiary/aromatic N) is 1. The molecule has 0 atom stereocenters. The maximum atomic E-state index is 5.88. The fraction of sp³-hybridized carbons (Fsp3) is 0.312. The molecule has 0 saturated heterocycles. The molecule has 1 heterocycles. The molecule has 112 valence electrons. The summed E-state index contributed by atoms with van der Waals surface area (Å²) in [6.45, 7) is 5.48. The van der Waals surface area contributed by atoms with Gasteiger partial charge in [0.25, 0.3) is 0 Å². The lowest BCUT2D eigenvalue weighted by molar-refractivity contribution is 0.263. The summed E-state index contributed by atoms with van der Waals surface area (Å²) in [6.07, 6.45) is 0. The number of anilines is 2. The third-order valence-electron chi connectivity index (χ3n) is 2.81. The first kappa shape index (κ1) is 15.6. The Kier molecular flexibility index (Phi) is 5.44. The lowest BCUT2D eigenvalue weighted by Crippen LogP contribution is -2.09. The summed E-state index contributed by atoms with van der Waals surface area (Å²) in [4.78, 5) is 4.41. The van der Waals surface area contributed by atoms with E-state index in [-0.39, 0.29) is 0 Å². The van der Waals surface area contributed by atoms with Crippen LogP contribution in [0, 0.1) is 5.92 Å². The van der Waals surface area contributed by atoms with Gasteiger partial charge in [-0.25, -0.2) is 0 Å². The zero-order valence-corrected chi connectivity index (χ0v) is 13.9. The monoisotopic (exact) mass is 349 g/mol. The highest BCUT2D eigenvalue weighted by Crippen LogP contribution is 2.22. The van der Waals surface area contributed by atoms with E-state index in [1.54, 1.807) is 0 Å². The average molecular weight is 350 g/mol. The molecule has 0 aliphatic carbocycles. The van der Waals surface area contributed by atoms with Crippen LogP contribution >= 0.6 is 15.9 Å². The number of pyridine rings is 1. The number of benzene rings is 1. The van der Waals surface area contributed by atoms with E-state index in [0.29, 0.717) is 30.6 Å². The average Bonchev–Trinajstić information content (AvgIpc) is 2.45. The Morgan fingerprint density at radius 1 is 1.29 bits per heavy atom. The number of halogens is 1. The summed E-state index contributed by atoms with van der Waals surface area (Å²) < 4.78 is 6.69. The van der Waals surface area contributed by atoms with Gasteiger partial charge in [-0.1, -0.05) is 41.9 Å². The summed E-state index contributed by atoms with van der Waals surface area (Å²) in [7, 11) is 0. The molecule has 0 aliphatic rings. The molecule has 5 heteroatoms. The molecule has 1 aromatic heterocycles. The topological polar surface area (TPSA) is 60.2 Å². The van der Waals surface area contributed by atoms with Gasteiger partial charge in [-0.15, -0.1) is 0 Å². The quantitative estimate of drug-likeness (QED) is 0.824. The van der Waals surface area contributed by atoms with Gasteiger partial charge in [-0.05, 0) is 35.7 Å². The van der Waals surface area contributed by atoms with Gasteiger partial charge in [-0.2, -0.15) is 4.98 Å². The van der Waals surface area contributed by atoms with Crippen molar-refractivity contribution in [1.82, 2.24) is 4.98 Å². The Labute approximate surface area is 133 Å². The first-order chi connectivity index (χ1) is 10.0. The lowest BCUT2D eigenvalue weighted by atomic mass is 10.2. The van der Waals surface area contributed by atoms with Crippen molar-refractivity contribution in [2.45, 2.75) is 20.4 Å². The van der Waals surface area contributed by atoms with Crippen LogP contribution in [0.25, 0.3) is 0 Å². The first-order valence-corrected chi connectivity index (χ1v) is 7.71. The largest absolute Gasteiger partial charge is 0.476 e. The van der Waals surface area contributed by atoms with Crippen LogP contribution in [0.15, 0.2) is 40.9 Å². The van der Waals surface area contributed by atoms with E-state index < -0.39 is 0 Å². The molecular weight excluding hydrogens is 330 g/mol. The third-order valence-corrected chi connectivity index (χ3v) is 3.30. The molecule has 0 aliphatic heterocycles. The molecule has 0 spiro atoms. The highest BCUT2D eigenvalue weighted by atomic mass is 79.9. The first-order valence-electron chi connectivity index (χ1n) is 6.92. The van der Waals surface area contributed by atoms with Crippen molar-refractivity contribution in [1.29, 1.82) is 0 Å². The molecule has 2 rings (SSSR count). The fourth-order valence-electron chi connectivity index (χ4n) is 1.75. The molecule has 3 N–H and O–H groups in total. The second-order valence-electron chi connectivity index (χ2n) is 5.28. The number of rotatable bonds is 6. The molecule has 4 nitrogen and oxygen atoms in total. The Bertz CT molecular complexity index is 602. The minimum atomic E-state index is 0.435. The van der Waals surface area contributed by atoms with Gasteiger partial charge in [0.15, 0.2) is 0 Å². The summed E-state index contributed by atoms with van der Waals surface area (Å²) in [5, 5.41) is 3.28. The van der Waals surface area contributed by atoms with Gasteiger partial charge in [0.1, 0.15) is 5.82 Å². The van der Waals surface area contributed by atoms with Crippen LogP contribution in [0.5, 0.6) is 5.88 Å². The van der Waals surface area contributed by atoms with E-state index in [9.17, 15) is 0 Å². The van der Waals surface area contributed by atoms with E-state index in [4.69, 9.17) is 10.5 Å². The highest BCUT2D eigenvalue weighted by Gasteiger charge is 2.06. The molecule has 2 aromatic rings. The van der Waals surface area contributed by atoms with Gasteiger partial charge in [0.05, 0.1) is 12.3 Å². The van der Waals surface area contributed by atoms with Crippen molar-refractivity contribution in [3.05, 3.63) is 46.4 Å². The van der Waals surface area contributed by atoms with E-state index in [2.05, 4.69) is 52.2 Å². The maximum absolute atomic E-state index is 5.88. The van der Waals surface area contributed by atoms with Crippen LogP contribution in [-0.2, 0) is 6.54 Å². The second-order valence-corrected chi connectivity index (χ2v) is 6.19. The van der Waals surface area contributed by atoms with Crippen LogP contribution in [0.1, 0.15) is 19.4 Å². The van der Waals surface area contributed by atoms with Crippen LogP contribution in [0.3, 0.4) is 0 Å². The molecule has 0 unspecified atom stereocenters. The predicted octanol–water partition coefficient (Wildman–Crippen LogP) is 4.07. The highest BCUT2D eigenvalue weighted by molar-refractivity contribution is 9.10. The van der Waals surface area contributed by atoms with Gasteiger partial charge >= 0.3 is 0 Å². The molecule has 0 amide bonds. The van der Waals surface area contributed by atoms with Gasteiger partial charge in [-0.3, -0.25) is 0 Å². The number of hydrogen-bond acceptors (Lipinski definition) is 4. The third kappa shape index (κ3) is 4.93. The van der Waals surface area contributed by atoms with Crippen LogP contribution < -0.4 is 15.8 Å². The Balaban J connectivity index is 2.01. The predicted molar refractivity (Wildman–Crippen MR) is 90.5 cm³/mol. The number of nitrogens with one attached hydrogen (secondary N) is 1. The maximum Gasteiger partial charge on any atom is 0.239 e. The molecule has 1 aromatic carbocycles.